The number of amides is 1. The molecule has 5 heteroatoms. The van der Waals surface area contributed by atoms with E-state index in [1.165, 1.54) is 0 Å². The number of benzene rings is 2. The summed E-state index contributed by atoms with van der Waals surface area (Å²) in [7, 11) is 0. The molecule has 0 saturated heterocycles. The number of carbonyl (C=O) groups is 1. The quantitative estimate of drug-likeness (QED) is 0.817. The van der Waals surface area contributed by atoms with E-state index in [0.717, 1.165) is 22.6 Å². The van der Waals surface area contributed by atoms with Crippen LogP contribution in [0.2, 0.25) is 0 Å². The van der Waals surface area contributed by atoms with Crippen molar-refractivity contribution in [2.45, 2.75) is 32.9 Å². The number of hydrogen-bond donors (Lipinski definition) is 2. The summed E-state index contributed by atoms with van der Waals surface area (Å²) < 4.78 is 11.3. The minimum absolute atomic E-state index is 0.0556. The second-order valence-electron chi connectivity index (χ2n) is 7.36. The molecule has 2 aromatic carbocycles. The predicted molar refractivity (Wildman–Crippen MR) is 106 cm³/mol. The van der Waals surface area contributed by atoms with Crippen LogP contribution in [0.1, 0.15) is 44.0 Å². The van der Waals surface area contributed by atoms with Crippen molar-refractivity contribution >= 4 is 5.91 Å². The van der Waals surface area contributed by atoms with E-state index in [4.69, 9.17) is 15.2 Å². The van der Waals surface area contributed by atoms with Crippen LogP contribution in [0.5, 0.6) is 11.5 Å². The molecule has 0 aromatic heterocycles. The largest absolute Gasteiger partial charge is 0.486 e. The van der Waals surface area contributed by atoms with Crippen molar-refractivity contribution in [2.75, 3.05) is 13.2 Å². The summed E-state index contributed by atoms with van der Waals surface area (Å²) in [6, 6.07) is 15.1. The summed E-state index contributed by atoms with van der Waals surface area (Å²) in [5.74, 6) is 1.30. The Morgan fingerprint density at radius 1 is 0.963 bits per heavy atom. The molecule has 3 unspecified atom stereocenters. The van der Waals surface area contributed by atoms with Gasteiger partial charge < -0.3 is 20.5 Å². The van der Waals surface area contributed by atoms with E-state index in [-0.39, 0.29) is 29.8 Å². The number of carbonyl (C=O) groups excluding carboxylic acids is 1. The fourth-order valence-electron chi connectivity index (χ4n) is 3.30. The lowest BCUT2D eigenvalue weighted by Gasteiger charge is -2.28. The molecule has 3 rings (SSSR count). The van der Waals surface area contributed by atoms with Crippen LogP contribution in [0.3, 0.4) is 0 Å². The predicted octanol–water partition coefficient (Wildman–Crippen LogP) is 3.61. The van der Waals surface area contributed by atoms with Gasteiger partial charge in [0.15, 0.2) is 11.5 Å². The molecule has 27 heavy (non-hydrogen) atoms. The minimum atomic E-state index is -0.348. The SMILES string of the molecule is CC(C)C(NC(=O)C(C)C(N)c1ccccc1)c1ccc2c(c1)OCCO2. The van der Waals surface area contributed by atoms with Crippen molar-refractivity contribution in [1.29, 1.82) is 0 Å². The molecule has 1 aliphatic rings. The molecule has 1 aliphatic heterocycles. The monoisotopic (exact) mass is 368 g/mol. The van der Waals surface area contributed by atoms with Gasteiger partial charge in [-0.3, -0.25) is 4.79 Å². The first-order valence-electron chi connectivity index (χ1n) is 9.48. The summed E-state index contributed by atoms with van der Waals surface area (Å²) in [5, 5.41) is 3.17. The molecule has 0 fully saturated rings. The standard InChI is InChI=1S/C22H28N2O3/c1-14(2)21(17-9-10-18-19(13-17)27-12-11-26-18)24-22(25)15(3)20(23)16-7-5-4-6-8-16/h4-10,13-15,20-21H,11-12,23H2,1-3H3,(H,24,25). The number of nitrogens with two attached hydrogens (primary N) is 1. The van der Waals surface area contributed by atoms with Gasteiger partial charge in [0.1, 0.15) is 13.2 Å². The van der Waals surface area contributed by atoms with E-state index in [1.807, 2.05) is 55.5 Å². The third-order valence-corrected chi connectivity index (χ3v) is 5.03. The lowest BCUT2D eigenvalue weighted by Crippen LogP contribution is -2.39. The van der Waals surface area contributed by atoms with E-state index in [9.17, 15) is 4.79 Å². The van der Waals surface area contributed by atoms with Crippen molar-refractivity contribution in [3.05, 3.63) is 59.7 Å². The zero-order valence-corrected chi connectivity index (χ0v) is 16.1. The summed E-state index contributed by atoms with van der Waals surface area (Å²) in [6.45, 7) is 7.14. The van der Waals surface area contributed by atoms with Gasteiger partial charge in [0.2, 0.25) is 5.91 Å². The van der Waals surface area contributed by atoms with Crippen LogP contribution in [0.15, 0.2) is 48.5 Å². The van der Waals surface area contributed by atoms with Crippen molar-refractivity contribution in [2.24, 2.45) is 17.6 Å². The Balaban J connectivity index is 1.75. The topological polar surface area (TPSA) is 73.6 Å². The average Bonchev–Trinajstić information content (AvgIpc) is 2.70. The first-order valence-corrected chi connectivity index (χ1v) is 9.48. The van der Waals surface area contributed by atoms with Gasteiger partial charge in [-0.05, 0) is 29.2 Å². The van der Waals surface area contributed by atoms with Crippen LogP contribution in [0.25, 0.3) is 0 Å². The van der Waals surface area contributed by atoms with Crippen LogP contribution in [0, 0.1) is 11.8 Å². The average molecular weight is 368 g/mol. The van der Waals surface area contributed by atoms with Gasteiger partial charge in [0, 0.05) is 6.04 Å². The Morgan fingerprint density at radius 2 is 1.63 bits per heavy atom. The maximum absolute atomic E-state index is 12.9. The van der Waals surface area contributed by atoms with Crippen LogP contribution in [-0.2, 0) is 4.79 Å². The fraction of sp³-hybridized carbons (Fsp3) is 0.409. The zero-order valence-electron chi connectivity index (χ0n) is 16.1. The van der Waals surface area contributed by atoms with Gasteiger partial charge in [-0.1, -0.05) is 57.2 Å². The minimum Gasteiger partial charge on any atom is -0.486 e. The second kappa shape index (κ2) is 8.44. The molecule has 1 amide bonds. The van der Waals surface area contributed by atoms with Gasteiger partial charge in [-0.2, -0.15) is 0 Å². The first kappa shape index (κ1) is 19.2. The van der Waals surface area contributed by atoms with Gasteiger partial charge in [-0.15, -0.1) is 0 Å². The Labute approximate surface area is 160 Å². The summed E-state index contributed by atoms with van der Waals surface area (Å²) in [4.78, 5) is 12.9. The number of nitrogens with one attached hydrogen (secondary N) is 1. The molecule has 5 nitrogen and oxygen atoms in total. The van der Waals surface area contributed by atoms with Crippen molar-refractivity contribution in [3.63, 3.8) is 0 Å². The van der Waals surface area contributed by atoms with Crippen LogP contribution in [-0.4, -0.2) is 19.1 Å². The third kappa shape index (κ3) is 4.42. The maximum atomic E-state index is 12.9. The Bertz CT molecular complexity index is 776. The van der Waals surface area contributed by atoms with Crippen molar-refractivity contribution < 1.29 is 14.3 Å². The summed E-state index contributed by atoms with van der Waals surface area (Å²) in [6.07, 6.45) is 0. The van der Waals surface area contributed by atoms with E-state index in [1.54, 1.807) is 0 Å². The van der Waals surface area contributed by atoms with E-state index >= 15 is 0 Å². The molecular weight excluding hydrogens is 340 g/mol. The van der Waals surface area contributed by atoms with Gasteiger partial charge in [-0.25, -0.2) is 0 Å². The first-order chi connectivity index (χ1) is 13.0. The fourth-order valence-corrected chi connectivity index (χ4v) is 3.30. The lowest BCUT2D eigenvalue weighted by atomic mass is 9.91. The molecule has 0 radical (unpaired) electrons. The zero-order chi connectivity index (χ0) is 19.4. The van der Waals surface area contributed by atoms with E-state index in [2.05, 4.69) is 19.2 Å². The van der Waals surface area contributed by atoms with E-state index in [0.29, 0.717) is 13.2 Å². The smallest absolute Gasteiger partial charge is 0.225 e. The molecule has 144 valence electrons. The Kier molecular flexibility index (Phi) is 6.01. The highest BCUT2D eigenvalue weighted by molar-refractivity contribution is 5.79. The molecule has 0 spiro atoms. The number of fused-ring (bicyclic) bond motifs is 1. The lowest BCUT2D eigenvalue weighted by molar-refractivity contribution is -0.126. The molecule has 2 aromatic rings. The maximum Gasteiger partial charge on any atom is 0.225 e. The van der Waals surface area contributed by atoms with Crippen LogP contribution < -0.4 is 20.5 Å². The number of rotatable bonds is 6. The molecule has 3 N–H and O–H groups in total. The molecule has 1 heterocycles. The van der Waals surface area contributed by atoms with Crippen molar-refractivity contribution in [3.8, 4) is 11.5 Å². The Hall–Kier alpha value is -2.53. The molecule has 0 aliphatic carbocycles. The number of ether oxygens (including phenoxy) is 2. The van der Waals surface area contributed by atoms with Gasteiger partial charge >= 0.3 is 0 Å². The number of hydrogen-bond acceptors (Lipinski definition) is 4. The second-order valence-corrected chi connectivity index (χ2v) is 7.36. The van der Waals surface area contributed by atoms with Crippen molar-refractivity contribution in [1.82, 2.24) is 5.32 Å². The Morgan fingerprint density at radius 3 is 2.30 bits per heavy atom. The highest BCUT2D eigenvalue weighted by Crippen LogP contribution is 2.34. The van der Waals surface area contributed by atoms with Gasteiger partial charge in [0.05, 0.1) is 12.0 Å². The van der Waals surface area contributed by atoms with Crippen LogP contribution in [0.4, 0.5) is 0 Å². The summed E-state index contributed by atoms with van der Waals surface area (Å²) in [5.41, 5.74) is 8.29. The molecule has 0 bridgehead atoms. The summed E-state index contributed by atoms with van der Waals surface area (Å²) >= 11 is 0. The highest BCUT2D eigenvalue weighted by atomic mass is 16.6. The highest BCUT2D eigenvalue weighted by Gasteiger charge is 2.27. The molecular formula is C22H28N2O3. The van der Waals surface area contributed by atoms with E-state index < -0.39 is 0 Å². The molecule has 3 atom stereocenters. The third-order valence-electron chi connectivity index (χ3n) is 5.03. The van der Waals surface area contributed by atoms with Gasteiger partial charge in [0.25, 0.3) is 0 Å². The normalized spacial score (nSPS) is 16.5. The van der Waals surface area contributed by atoms with Crippen LogP contribution >= 0.6 is 0 Å². The molecule has 0 saturated carbocycles.